The molecule has 1 amide bonds. The fourth-order valence-corrected chi connectivity index (χ4v) is 4.99. The summed E-state index contributed by atoms with van der Waals surface area (Å²) < 4.78 is 1.24. The molecule has 2 aromatic heterocycles. The maximum atomic E-state index is 12.4. The third kappa shape index (κ3) is 5.08. The number of amides is 1. The van der Waals surface area contributed by atoms with Gasteiger partial charge in [-0.2, -0.15) is 4.98 Å². The Kier molecular flexibility index (Phi) is 6.47. The molecule has 0 unspecified atom stereocenters. The molecule has 3 aromatic rings. The number of hydrogen-bond acceptors (Lipinski definition) is 6. The summed E-state index contributed by atoms with van der Waals surface area (Å²) in [6.45, 7) is 0.764. The molecule has 0 aliphatic heterocycles. The fourth-order valence-electron chi connectivity index (χ4n) is 4.02. The summed E-state index contributed by atoms with van der Waals surface area (Å²) in [5.41, 5.74) is 1.13. The third-order valence-corrected chi connectivity index (χ3v) is 6.79. The van der Waals surface area contributed by atoms with Crippen LogP contribution in [0.5, 0.6) is 0 Å². The van der Waals surface area contributed by atoms with Gasteiger partial charge in [0.1, 0.15) is 5.82 Å². The third-order valence-electron chi connectivity index (χ3n) is 5.78. The molecule has 2 N–H and O–H groups in total. The van der Waals surface area contributed by atoms with Gasteiger partial charge >= 0.3 is 0 Å². The lowest BCUT2D eigenvalue weighted by atomic mass is 9.86. The van der Waals surface area contributed by atoms with Crippen LogP contribution in [0.25, 0.3) is 10.1 Å². The zero-order valence-electron chi connectivity index (χ0n) is 17.6. The zero-order valence-corrected chi connectivity index (χ0v) is 18.4. The first-order chi connectivity index (χ1) is 14.6. The SMILES string of the molecule is CN(C)c1ccnc(N[C@H]2CC[C@@H](CNC(=O)Cc3csc4ccccc34)CC2)n1. The van der Waals surface area contributed by atoms with E-state index in [-0.39, 0.29) is 5.91 Å². The lowest BCUT2D eigenvalue weighted by Crippen LogP contribution is -2.34. The van der Waals surface area contributed by atoms with Crippen LogP contribution >= 0.6 is 11.3 Å². The van der Waals surface area contributed by atoms with Crippen LogP contribution in [0.2, 0.25) is 0 Å². The maximum Gasteiger partial charge on any atom is 0.224 e. The van der Waals surface area contributed by atoms with Crippen LogP contribution in [-0.4, -0.2) is 42.6 Å². The van der Waals surface area contributed by atoms with Gasteiger partial charge in [0.2, 0.25) is 11.9 Å². The van der Waals surface area contributed by atoms with Crippen LogP contribution in [0.1, 0.15) is 31.2 Å². The van der Waals surface area contributed by atoms with Gasteiger partial charge in [0.25, 0.3) is 0 Å². The monoisotopic (exact) mass is 423 g/mol. The number of carbonyl (C=O) groups excluding carboxylic acids is 1. The predicted octanol–water partition coefficient (Wildman–Crippen LogP) is 4.09. The van der Waals surface area contributed by atoms with E-state index in [1.54, 1.807) is 17.5 Å². The van der Waals surface area contributed by atoms with Crippen molar-refractivity contribution >= 4 is 39.1 Å². The molecular weight excluding hydrogens is 394 g/mol. The van der Waals surface area contributed by atoms with E-state index in [9.17, 15) is 4.79 Å². The van der Waals surface area contributed by atoms with Crippen LogP contribution in [0.3, 0.4) is 0 Å². The van der Waals surface area contributed by atoms with Crippen LogP contribution in [-0.2, 0) is 11.2 Å². The van der Waals surface area contributed by atoms with Gasteiger partial charge in [0.05, 0.1) is 6.42 Å². The molecule has 1 aromatic carbocycles. The molecule has 4 rings (SSSR count). The van der Waals surface area contributed by atoms with E-state index in [1.165, 1.54) is 10.1 Å². The van der Waals surface area contributed by atoms with Gasteiger partial charge in [-0.1, -0.05) is 18.2 Å². The van der Waals surface area contributed by atoms with E-state index in [0.29, 0.717) is 24.3 Å². The van der Waals surface area contributed by atoms with E-state index in [0.717, 1.165) is 43.6 Å². The van der Waals surface area contributed by atoms with Gasteiger partial charge in [0, 0.05) is 37.6 Å². The van der Waals surface area contributed by atoms with E-state index in [2.05, 4.69) is 38.1 Å². The number of thiophene rings is 1. The Morgan fingerprint density at radius 2 is 1.97 bits per heavy atom. The summed E-state index contributed by atoms with van der Waals surface area (Å²) in [4.78, 5) is 23.3. The second-order valence-corrected chi connectivity index (χ2v) is 9.14. The molecule has 0 atom stereocenters. The number of hydrogen-bond donors (Lipinski definition) is 2. The Labute approximate surface area is 181 Å². The first kappa shape index (κ1) is 20.6. The number of rotatable bonds is 7. The molecule has 1 aliphatic carbocycles. The van der Waals surface area contributed by atoms with Crippen LogP contribution in [0.15, 0.2) is 41.9 Å². The molecule has 30 heavy (non-hydrogen) atoms. The normalized spacial score (nSPS) is 18.9. The standard InChI is InChI=1S/C23H29N5OS/c1-28(2)21-11-12-24-23(27-21)26-18-9-7-16(8-10-18)14-25-22(29)13-17-15-30-20-6-4-3-5-19(17)20/h3-6,11-12,15-16,18H,7-10,13-14H2,1-2H3,(H,25,29)(H,24,26,27)/t16-,18+. The summed E-state index contributed by atoms with van der Waals surface area (Å²) in [6, 6.07) is 10.6. The Hall–Kier alpha value is -2.67. The Balaban J connectivity index is 1.21. The van der Waals surface area contributed by atoms with E-state index in [4.69, 9.17) is 0 Å². The molecule has 2 heterocycles. The highest BCUT2D eigenvalue weighted by Gasteiger charge is 2.22. The Morgan fingerprint density at radius 1 is 1.17 bits per heavy atom. The van der Waals surface area contributed by atoms with E-state index in [1.807, 2.05) is 37.2 Å². The fraction of sp³-hybridized carbons (Fsp3) is 0.435. The number of fused-ring (bicyclic) bond motifs is 1. The summed E-state index contributed by atoms with van der Waals surface area (Å²) in [7, 11) is 3.96. The van der Waals surface area contributed by atoms with Crippen molar-refractivity contribution < 1.29 is 4.79 Å². The summed E-state index contributed by atoms with van der Waals surface area (Å²) in [5, 5.41) is 9.93. The summed E-state index contributed by atoms with van der Waals surface area (Å²) in [6.07, 6.45) is 6.61. The smallest absolute Gasteiger partial charge is 0.224 e. The number of benzene rings is 1. The van der Waals surface area contributed by atoms with Gasteiger partial charge in [-0.25, -0.2) is 4.98 Å². The number of carbonyl (C=O) groups is 1. The molecule has 7 heteroatoms. The van der Waals surface area contributed by atoms with Gasteiger partial charge in [-0.15, -0.1) is 11.3 Å². The van der Waals surface area contributed by atoms with Crippen molar-refractivity contribution in [1.82, 2.24) is 15.3 Å². The van der Waals surface area contributed by atoms with Crippen molar-refractivity contribution in [2.24, 2.45) is 5.92 Å². The summed E-state index contributed by atoms with van der Waals surface area (Å²) >= 11 is 1.71. The highest BCUT2D eigenvalue weighted by atomic mass is 32.1. The number of nitrogens with one attached hydrogen (secondary N) is 2. The minimum atomic E-state index is 0.118. The molecule has 0 radical (unpaired) electrons. The average molecular weight is 424 g/mol. The minimum absolute atomic E-state index is 0.118. The van der Waals surface area contributed by atoms with Crippen molar-refractivity contribution in [3.63, 3.8) is 0 Å². The van der Waals surface area contributed by atoms with Gasteiger partial charge in [0.15, 0.2) is 0 Å². The molecule has 0 saturated heterocycles. The first-order valence-electron chi connectivity index (χ1n) is 10.6. The molecule has 0 spiro atoms. The predicted molar refractivity (Wildman–Crippen MR) is 124 cm³/mol. The van der Waals surface area contributed by atoms with Gasteiger partial charge < -0.3 is 15.5 Å². The number of aromatic nitrogens is 2. The van der Waals surface area contributed by atoms with Crippen molar-refractivity contribution in [2.45, 2.75) is 38.1 Å². The topological polar surface area (TPSA) is 70.2 Å². The average Bonchev–Trinajstić information content (AvgIpc) is 3.16. The van der Waals surface area contributed by atoms with Crippen molar-refractivity contribution in [3.05, 3.63) is 47.5 Å². The molecular formula is C23H29N5OS. The quantitative estimate of drug-likeness (QED) is 0.599. The maximum absolute atomic E-state index is 12.4. The zero-order chi connectivity index (χ0) is 20.9. The lowest BCUT2D eigenvalue weighted by Gasteiger charge is -2.29. The van der Waals surface area contributed by atoms with E-state index < -0.39 is 0 Å². The van der Waals surface area contributed by atoms with Crippen LogP contribution in [0.4, 0.5) is 11.8 Å². The van der Waals surface area contributed by atoms with Crippen LogP contribution in [0, 0.1) is 5.92 Å². The highest BCUT2D eigenvalue weighted by Crippen LogP contribution is 2.27. The van der Waals surface area contributed by atoms with Gasteiger partial charge in [-0.05, 0) is 60.1 Å². The number of nitrogens with zero attached hydrogens (tertiary/aromatic N) is 3. The molecule has 1 aliphatic rings. The molecule has 0 bridgehead atoms. The highest BCUT2D eigenvalue weighted by molar-refractivity contribution is 7.17. The van der Waals surface area contributed by atoms with Crippen LogP contribution < -0.4 is 15.5 Å². The lowest BCUT2D eigenvalue weighted by molar-refractivity contribution is -0.120. The number of anilines is 2. The molecule has 1 saturated carbocycles. The van der Waals surface area contributed by atoms with E-state index >= 15 is 0 Å². The van der Waals surface area contributed by atoms with Crippen molar-refractivity contribution in [3.8, 4) is 0 Å². The minimum Gasteiger partial charge on any atom is -0.363 e. The van der Waals surface area contributed by atoms with Crippen molar-refractivity contribution in [1.29, 1.82) is 0 Å². The second kappa shape index (κ2) is 9.43. The summed E-state index contributed by atoms with van der Waals surface area (Å²) in [5.74, 6) is 2.26. The largest absolute Gasteiger partial charge is 0.363 e. The Morgan fingerprint density at radius 3 is 2.77 bits per heavy atom. The molecule has 1 fully saturated rings. The second-order valence-electron chi connectivity index (χ2n) is 8.23. The van der Waals surface area contributed by atoms with Crippen molar-refractivity contribution in [2.75, 3.05) is 30.9 Å². The Bertz CT molecular complexity index is 994. The van der Waals surface area contributed by atoms with Gasteiger partial charge in [-0.3, -0.25) is 4.79 Å². The molecule has 158 valence electrons. The first-order valence-corrected chi connectivity index (χ1v) is 11.4. The molecule has 6 nitrogen and oxygen atoms in total.